The summed E-state index contributed by atoms with van der Waals surface area (Å²) in [5.74, 6) is 0.612. The van der Waals surface area contributed by atoms with E-state index < -0.39 is 0 Å². The van der Waals surface area contributed by atoms with Crippen LogP contribution in [-0.4, -0.2) is 34.8 Å². The summed E-state index contributed by atoms with van der Waals surface area (Å²) in [5, 5.41) is 12.6. The molecule has 0 aliphatic rings. The van der Waals surface area contributed by atoms with Crippen molar-refractivity contribution in [3.05, 3.63) is 24.9 Å². The van der Waals surface area contributed by atoms with E-state index in [2.05, 4.69) is 30.2 Å². The van der Waals surface area contributed by atoms with Crippen LogP contribution in [0.1, 0.15) is 0 Å². The lowest BCUT2D eigenvalue weighted by molar-refractivity contribution is 0.986. The van der Waals surface area contributed by atoms with Crippen LogP contribution in [0, 0.1) is 0 Å². The molecule has 7 nitrogen and oxygen atoms in total. The Kier molecular flexibility index (Phi) is 1.21. The smallest absolute Gasteiger partial charge is 0.250 e. The lowest BCUT2D eigenvalue weighted by Crippen LogP contribution is -1.94. The molecular formula is C9H5N7. The highest BCUT2D eigenvalue weighted by Crippen LogP contribution is 2.20. The van der Waals surface area contributed by atoms with E-state index in [0.29, 0.717) is 11.4 Å². The van der Waals surface area contributed by atoms with E-state index in [1.54, 1.807) is 29.4 Å². The predicted octanol–water partition coefficient (Wildman–Crippen LogP) is 0.549. The molecule has 0 fully saturated rings. The highest BCUT2D eigenvalue weighted by atomic mass is 15.3. The van der Waals surface area contributed by atoms with Gasteiger partial charge in [0.25, 0.3) is 5.78 Å². The standard InChI is InChI=1S/C9H5N7/c1-5-2-11-9-12-4-14-16(9)7(5)6-3-13-15-8(6)10-1/h1-4H,(H,11,12,14). The Morgan fingerprint density at radius 2 is 2.00 bits per heavy atom. The lowest BCUT2D eigenvalue weighted by atomic mass is 10.2. The summed E-state index contributed by atoms with van der Waals surface area (Å²) in [6, 6.07) is 0. The van der Waals surface area contributed by atoms with Gasteiger partial charge < -0.3 is 0 Å². The highest BCUT2D eigenvalue weighted by molar-refractivity contribution is 6.01. The molecule has 0 atom stereocenters. The van der Waals surface area contributed by atoms with Gasteiger partial charge in [0.05, 0.1) is 17.1 Å². The summed E-state index contributed by atoms with van der Waals surface area (Å²) in [4.78, 5) is 12.5. The van der Waals surface area contributed by atoms with Gasteiger partial charge in [-0.1, -0.05) is 0 Å². The molecule has 0 saturated carbocycles. The Morgan fingerprint density at radius 3 is 3.00 bits per heavy atom. The van der Waals surface area contributed by atoms with Crippen LogP contribution in [-0.2, 0) is 0 Å². The second kappa shape index (κ2) is 2.51. The molecule has 1 N–H and O–H groups in total. The van der Waals surface area contributed by atoms with Gasteiger partial charge in [-0.25, -0.2) is 19.5 Å². The molecule has 4 heterocycles. The number of fused-ring (bicyclic) bond motifs is 5. The number of pyridine rings is 1. The maximum Gasteiger partial charge on any atom is 0.250 e. The number of hydrogen-bond donors (Lipinski definition) is 1. The Labute approximate surface area is 88.2 Å². The molecule has 0 aliphatic heterocycles. The van der Waals surface area contributed by atoms with Crippen LogP contribution in [0.5, 0.6) is 0 Å². The minimum Gasteiger partial charge on any atom is -0.280 e. The molecule has 76 valence electrons. The SMILES string of the molecule is c1nc2ncc3cnc4nncc4c3n2[nH]1. The minimum absolute atomic E-state index is 0.612. The monoisotopic (exact) mass is 211 g/mol. The van der Waals surface area contributed by atoms with Crippen LogP contribution in [0.4, 0.5) is 0 Å². The Morgan fingerprint density at radius 1 is 1.06 bits per heavy atom. The number of H-pyrrole nitrogens is 1. The molecule has 0 spiro atoms. The Balaban J connectivity index is 2.44. The van der Waals surface area contributed by atoms with Gasteiger partial charge in [-0.2, -0.15) is 5.10 Å². The number of aromatic nitrogens is 7. The molecule has 4 rings (SSSR count). The maximum absolute atomic E-state index is 4.20. The van der Waals surface area contributed by atoms with Gasteiger partial charge in [0.1, 0.15) is 6.33 Å². The minimum atomic E-state index is 0.612. The summed E-state index contributed by atoms with van der Waals surface area (Å²) in [5.41, 5.74) is 1.57. The topological polar surface area (TPSA) is 84.7 Å². The van der Waals surface area contributed by atoms with Gasteiger partial charge in [0, 0.05) is 17.8 Å². The predicted molar refractivity (Wildman–Crippen MR) is 55.7 cm³/mol. The first-order valence-corrected chi connectivity index (χ1v) is 4.70. The maximum atomic E-state index is 4.20. The van der Waals surface area contributed by atoms with Gasteiger partial charge in [-0.05, 0) is 0 Å². The van der Waals surface area contributed by atoms with E-state index in [9.17, 15) is 0 Å². The van der Waals surface area contributed by atoms with Gasteiger partial charge in [-0.15, -0.1) is 5.10 Å². The van der Waals surface area contributed by atoms with E-state index in [1.165, 1.54) is 0 Å². The van der Waals surface area contributed by atoms with Gasteiger partial charge in [-0.3, -0.25) is 5.10 Å². The molecule has 4 aromatic heterocycles. The molecule has 0 aromatic carbocycles. The van der Waals surface area contributed by atoms with Crippen molar-refractivity contribution in [3.63, 3.8) is 0 Å². The zero-order valence-electron chi connectivity index (χ0n) is 7.99. The fraction of sp³-hybridized carbons (Fsp3) is 0. The largest absolute Gasteiger partial charge is 0.280 e. The number of aromatic amines is 1. The number of nitrogens with zero attached hydrogens (tertiary/aromatic N) is 6. The van der Waals surface area contributed by atoms with E-state index in [1.807, 2.05) is 0 Å². The molecule has 0 unspecified atom stereocenters. The average Bonchev–Trinajstić information content (AvgIpc) is 2.96. The third kappa shape index (κ3) is 0.800. The summed E-state index contributed by atoms with van der Waals surface area (Å²) < 4.78 is 1.79. The fourth-order valence-corrected chi connectivity index (χ4v) is 1.85. The van der Waals surface area contributed by atoms with Crippen molar-refractivity contribution < 1.29 is 0 Å². The van der Waals surface area contributed by atoms with Crippen molar-refractivity contribution in [3.8, 4) is 0 Å². The first-order valence-electron chi connectivity index (χ1n) is 4.70. The van der Waals surface area contributed by atoms with Gasteiger partial charge in [0.2, 0.25) is 0 Å². The highest BCUT2D eigenvalue weighted by Gasteiger charge is 2.09. The van der Waals surface area contributed by atoms with Crippen molar-refractivity contribution in [2.24, 2.45) is 0 Å². The molecule has 0 bridgehead atoms. The number of rotatable bonds is 0. The first-order chi connectivity index (χ1) is 7.93. The van der Waals surface area contributed by atoms with Crippen LogP contribution in [0.25, 0.3) is 27.7 Å². The van der Waals surface area contributed by atoms with Crippen molar-refractivity contribution >= 4 is 27.7 Å². The Hall–Kier alpha value is -2.57. The van der Waals surface area contributed by atoms with E-state index in [-0.39, 0.29) is 0 Å². The number of nitrogens with one attached hydrogen (secondary N) is 1. The van der Waals surface area contributed by atoms with Crippen LogP contribution in [0.3, 0.4) is 0 Å². The van der Waals surface area contributed by atoms with Crippen molar-refractivity contribution in [1.82, 2.24) is 34.8 Å². The third-order valence-electron chi connectivity index (χ3n) is 2.54. The quantitative estimate of drug-likeness (QED) is 0.459. The fourth-order valence-electron chi connectivity index (χ4n) is 1.85. The van der Waals surface area contributed by atoms with Gasteiger partial charge >= 0.3 is 0 Å². The summed E-state index contributed by atoms with van der Waals surface area (Å²) >= 11 is 0. The van der Waals surface area contributed by atoms with Crippen LogP contribution in [0.2, 0.25) is 0 Å². The summed E-state index contributed by atoms with van der Waals surface area (Å²) in [7, 11) is 0. The molecule has 4 aromatic rings. The zero-order chi connectivity index (χ0) is 10.5. The third-order valence-corrected chi connectivity index (χ3v) is 2.54. The van der Waals surface area contributed by atoms with Crippen LogP contribution >= 0.6 is 0 Å². The van der Waals surface area contributed by atoms with E-state index >= 15 is 0 Å². The zero-order valence-corrected chi connectivity index (χ0v) is 7.99. The molecular weight excluding hydrogens is 206 g/mol. The van der Waals surface area contributed by atoms with Crippen molar-refractivity contribution in [2.75, 3.05) is 0 Å². The van der Waals surface area contributed by atoms with Crippen molar-refractivity contribution in [1.29, 1.82) is 0 Å². The summed E-state index contributed by atoms with van der Waals surface area (Å²) in [6.07, 6.45) is 6.76. The average molecular weight is 211 g/mol. The number of hydrogen-bond acceptors (Lipinski definition) is 5. The molecule has 16 heavy (non-hydrogen) atoms. The molecule has 0 radical (unpaired) electrons. The normalized spacial score (nSPS) is 11.8. The van der Waals surface area contributed by atoms with Crippen LogP contribution in [0.15, 0.2) is 24.9 Å². The lowest BCUT2D eigenvalue weighted by Gasteiger charge is -2.00. The molecule has 0 amide bonds. The summed E-state index contributed by atoms with van der Waals surface area (Å²) in [6.45, 7) is 0. The van der Waals surface area contributed by atoms with Crippen LogP contribution < -0.4 is 0 Å². The van der Waals surface area contributed by atoms with Gasteiger partial charge in [0.15, 0.2) is 5.65 Å². The molecule has 7 heteroatoms. The van der Waals surface area contributed by atoms with Crippen molar-refractivity contribution in [2.45, 2.75) is 0 Å². The van der Waals surface area contributed by atoms with E-state index in [4.69, 9.17) is 0 Å². The first kappa shape index (κ1) is 7.69. The van der Waals surface area contributed by atoms with E-state index in [0.717, 1.165) is 16.3 Å². The second-order valence-corrected chi connectivity index (χ2v) is 3.42. The molecule has 0 saturated heterocycles. The Bertz CT molecular complexity index is 747. The molecule has 0 aliphatic carbocycles. The second-order valence-electron chi connectivity index (χ2n) is 3.42.